The molecule has 0 spiro atoms. The monoisotopic (exact) mass is 288 g/mol. The van der Waals surface area contributed by atoms with Crippen LogP contribution in [0.1, 0.15) is 45.7 Å². The highest BCUT2D eigenvalue weighted by Gasteiger charge is 2.34. The van der Waals surface area contributed by atoms with Crippen LogP contribution in [0.4, 0.5) is 0 Å². The molecule has 0 saturated carbocycles. The van der Waals surface area contributed by atoms with E-state index < -0.39 is 0 Å². The van der Waals surface area contributed by atoms with E-state index in [1.165, 1.54) is 6.08 Å². The molecule has 1 saturated heterocycles. The van der Waals surface area contributed by atoms with Gasteiger partial charge in [0.05, 0.1) is 12.1 Å². The molecule has 0 N–H and O–H groups in total. The fraction of sp³-hybridized carbons (Fsp3) is 0.529. The minimum absolute atomic E-state index is 0.00317. The molecule has 2 rings (SSSR count). The van der Waals surface area contributed by atoms with Crippen molar-refractivity contribution >= 4 is 5.91 Å². The van der Waals surface area contributed by atoms with Gasteiger partial charge in [0.15, 0.2) is 0 Å². The zero-order valence-corrected chi connectivity index (χ0v) is 13.3. The zero-order chi connectivity index (χ0) is 15.8. The van der Waals surface area contributed by atoms with Gasteiger partial charge in [-0.3, -0.25) is 9.59 Å². The average Bonchev–Trinajstić information content (AvgIpc) is 2.79. The molecule has 1 aliphatic rings. The first-order valence-corrected chi connectivity index (χ1v) is 7.41. The number of carbonyl (C=O) groups is 1. The Labute approximate surface area is 126 Å². The second kappa shape index (κ2) is 5.51. The van der Waals surface area contributed by atoms with Crippen molar-refractivity contribution in [3.8, 4) is 0 Å². The van der Waals surface area contributed by atoms with E-state index in [0.717, 1.165) is 12.0 Å². The lowest BCUT2D eigenvalue weighted by Gasteiger charge is -2.26. The van der Waals surface area contributed by atoms with Crippen LogP contribution in [0.25, 0.3) is 0 Å². The van der Waals surface area contributed by atoms with Crippen LogP contribution in [-0.2, 0) is 10.2 Å². The number of amides is 1. The Morgan fingerprint density at radius 3 is 2.62 bits per heavy atom. The number of carbonyl (C=O) groups excluding carboxylic acids is 1. The molecule has 1 aromatic heterocycles. The van der Waals surface area contributed by atoms with Crippen molar-refractivity contribution in [2.45, 2.75) is 51.6 Å². The van der Waals surface area contributed by atoms with E-state index in [0.29, 0.717) is 6.54 Å². The molecule has 0 radical (unpaired) electrons. The molecule has 1 amide bonds. The maximum absolute atomic E-state index is 12.2. The van der Waals surface area contributed by atoms with Crippen LogP contribution in [0.5, 0.6) is 0 Å². The lowest BCUT2D eigenvalue weighted by molar-refractivity contribution is -0.126. The Bertz CT molecular complexity index is 610. The first-order valence-electron chi connectivity index (χ1n) is 7.41. The van der Waals surface area contributed by atoms with E-state index in [1.807, 2.05) is 19.2 Å². The molecule has 1 aromatic rings. The third kappa shape index (κ3) is 2.94. The molecule has 4 heteroatoms. The van der Waals surface area contributed by atoms with Gasteiger partial charge in [0.2, 0.25) is 5.91 Å². The molecule has 114 valence electrons. The summed E-state index contributed by atoms with van der Waals surface area (Å²) in [6.07, 6.45) is 4.09. The second-order valence-electron chi connectivity index (χ2n) is 6.75. The Morgan fingerprint density at radius 2 is 2.05 bits per heavy atom. The van der Waals surface area contributed by atoms with Crippen LogP contribution in [0.2, 0.25) is 0 Å². The fourth-order valence-electron chi connectivity index (χ4n) is 2.93. The topological polar surface area (TPSA) is 42.3 Å². The molecule has 0 bridgehead atoms. The maximum atomic E-state index is 12.2. The summed E-state index contributed by atoms with van der Waals surface area (Å²) in [5.41, 5.74) is 1.11. The van der Waals surface area contributed by atoms with Gasteiger partial charge < -0.3 is 9.47 Å². The van der Waals surface area contributed by atoms with Gasteiger partial charge >= 0.3 is 0 Å². The first kappa shape index (κ1) is 15.5. The largest absolute Gasteiger partial charge is 0.334 e. The summed E-state index contributed by atoms with van der Waals surface area (Å²) in [5, 5.41) is 0. The lowest BCUT2D eigenvalue weighted by Crippen LogP contribution is -2.37. The quantitative estimate of drug-likeness (QED) is 0.785. The summed E-state index contributed by atoms with van der Waals surface area (Å²) in [6, 6.07) is 3.56. The van der Waals surface area contributed by atoms with Crippen molar-refractivity contribution in [2.24, 2.45) is 0 Å². The minimum atomic E-state index is -0.0648. The SMILES string of the molecule is C=CC(=O)N1CC[C@H](n2cc(C(C)(C)C)ccc2=O)[C@H]1C. The minimum Gasteiger partial charge on any atom is -0.334 e. The van der Waals surface area contributed by atoms with Gasteiger partial charge in [0.25, 0.3) is 5.56 Å². The highest BCUT2D eigenvalue weighted by molar-refractivity contribution is 5.87. The van der Waals surface area contributed by atoms with Gasteiger partial charge in [0.1, 0.15) is 0 Å². The zero-order valence-electron chi connectivity index (χ0n) is 13.3. The third-order valence-corrected chi connectivity index (χ3v) is 4.33. The van der Waals surface area contributed by atoms with Gasteiger partial charge in [-0.05, 0) is 30.4 Å². The fourth-order valence-corrected chi connectivity index (χ4v) is 2.93. The maximum Gasteiger partial charge on any atom is 0.250 e. The molecule has 1 aliphatic heterocycles. The predicted molar refractivity (Wildman–Crippen MR) is 84.4 cm³/mol. The summed E-state index contributed by atoms with van der Waals surface area (Å²) in [4.78, 5) is 25.8. The predicted octanol–water partition coefficient (Wildman–Crippen LogP) is 2.49. The number of rotatable bonds is 2. The molecule has 2 heterocycles. The average molecular weight is 288 g/mol. The molecule has 0 aliphatic carbocycles. The van der Waals surface area contributed by atoms with Crippen molar-refractivity contribution < 1.29 is 4.79 Å². The molecule has 4 nitrogen and oxygen atoms in total. The van der Waals surface area contributed by atoms with E-state index >= 15 is 0 Å². The van der Waals surface area contributed by atoms with E-state index in [4.69, 9.17) is 0 Å². The Hall–Kier alpha value is -1.84. The number of likely N-dealkylation sites (tertiary alicyclic amines) is 1. The normalized spacial score (nSPS) is 22.4. The number of nitrogens with zero attached hydrogens (tertiary/aromatic N) is 2. The van der Waals surface area contributed by atoms with Crippen LogP contribution in [0.15, 0.2) is 35.8 Å². The lowest BCUT2D eigenvalue weighted by atomic mass is 9.88. The molecule has 0 aromatic carbocycles. The first-order chi connectivity index (χ1) is 9.75. The number of aromatic nitrogens is 1. The Balaban J connectivity index is 2.37. The summed E-state index contributed by atoms with van der Waals surface area (Å²) in [6.45, 7) is 12.6. The molecule has 21 heavy (non-hydrogen) atoms. The highest BCUT2D eigenvalue weighted by Crippen LogP contribution is 2.29. The number of hydrogen-bond donors (Lipinski definition) is 0. The molecular weight excluding hydrogens is 264 g/mol. The van der Waals surface area contributed by atoms with Crippen LogP contribution >= 0.6 is 0 Å². The second-order valence-corrected chi connectivity index (χ2v) is 6.75. The standard InChI is InChI=1S/C17H24N2O2/c1-6-15(20)18-10-9-14(12(18)2)19-11-13(17(3,4)5)7-8-16(19)21/h6-8,11-12,14H,1,9-10H2,2-5H3/t12-,14+/m1/s1. The molecule has 1 fully saturated rings. The Morgan fingerprint density at radius 1 is 1.38 bits per heavy atom. The van der Waals surface area contributed by atoms with Crippen molar-refractivity contribution in [3.05, 3.63) is 46.9 Å². The highest BCUT2D eigenvalue weighted by atomic mass is 16.2. The van der Waals surface area contributed by atoms with Crippen LogP contribution < -0.4 is 5.56 Å². The summed E-state index contributed by atoms with van der Waals surface area (Å²) in [7, 11) is 0. The Kier molecular flexibility index (Phi) is 4.08. The molecule has 0 unspecified atom stereocenters. The smallest absolute Gasteiger partial charge is 0.250 e. The molecule has 2 atom stereocenters. The van der Waals surface area contributed by atoms with Gasteiger partial charge in [-0.15, -0.1) is 0 Å². The van der Waals surface area contributed by atoms with Crippen molar-refractivity contribution in [3.63, 3.8) is 0 Å². The third-order valence-electron chi connectivity index (χ3n) is 4.33. The number of pyridine rings is 1. The summed E-state index contributed by atoms with van der Waals surface area (Å²) >= 11 is 0. The number of hydrogen-bond acceptors (Lipinski definition) is 2. The van der Waals surface area contributed by atoms with Crippen LogP contribution in [0.3, 0.4) is 0 Å². The summed E-state index contributed by atoms with van der Waals surface area (Å²) < 4.78 is 1.79. The van der Waals surface area contributed by atoms with Gasteiger partial charge in [0, 0.05) is 18.8 Å². The van der Waals surface area contributed by atoms with Gasteiger partial charge in [-0.25, -0.2) is 0 Å². The van der Waals surface area contributed by atoms with Crippen molar-refractivity contribution in [1.29, 1.82) is 0 Å². The van der Waals surface area contributed by atoms with E-state index in [1.54, 1.807) is 15.5 Å². The van der Waals surface area contributed by atoms with E-state index in [9.17, 15) is 9.59 Å². The van der Waals surface area contributed by atoms with Crippen molar-refractivity contribution in [2.75, 3.05) is 6.54 Å². The van der Waals surface area contributed by atoms with Crippen LogP contribution in [-0.4, -0.2) is 28.0 Å². The van der Waals surface area contributed by atoms with Gasteiger partial charge in [-0.2, -0.15) is 0 Å². The van der Waals surface area contributed by atoms with E-state index in [2.05, 4.69) is 27.4 Å². The van der Waals surface area contributed by atoms with Gasteiger partial charge in [-0.1, -0.05) is 33.4 Å². The molecular formula is C17H24N2O2. The van der Waals surface area contributed by atoms with Crippen LogP contribution in [0, 0.1) is 0 Å². The van der Waals surface area contributed by atoms with Crippen molar-refractivity contribution in [1.82, 2.24) is 9.47 Å². The summed E-state index contributed by atoms with van der Waals surface area (Å²) in [5.74, 6) is -0.0648. The van der Waals surface area contributed by atoms with E-state index in [-0.39, 0.29) is 29.0 Å².